The van der Waals surface area contributed by atoms with Crippen molar-refractivity contribution in [1.82, 2.24) is 4.90 Å². The smallest absolute Gasteiger partial charge is 0.224 e. The van der Waals surface area contributed by atoms with Gasteiger partial charge in [-0.1, -0.05) is 48.9 Å². The van der Waals surface area contributed by atoms with Crippen molar-refractivity contribution < 1.29 is 14.6 Å². The van der Waals surface area contributed by atoms with Gasteiger partial charge < -0.3 is 20.1 Å². The van der Waals surface area contributed by atoms with Crippen LogP contribution in [0.1, 0.15) is 37.3 Å². The Morgan fingerprint density at radius 2 is 1.90 bits per heavy atom. The van der Waals surface area contributed by atoms with Crippen LogP contribution in [0.15, 0.2) is 42.5 Å². The van der Waals surface area contributed by atoms with Gasteiger partial charge in [0, 0.05) is 43.7 Å². The summed E-state index contributed by atoms with van der Waals surface area (Å²) in [6.07, 6.45) is 3.10. The van der Waals surface area contributed by atoms with E-state index in [4.69, 9.17) is 16.3 Å². The predicted octanol–water partition coefficient (Wildman–Crippen LogP) is 4.31. The Morgan fingerprint density at radius 1 is 1.20 bits per heavy atom. The quantitative estimate of drug-likeness (QED) is 0.655. The molecule has 3 rings (SSSR count). The standard InChI is InChI=1S/C24H31ClN2O3/c1-3-22(28)26-20-9-10-21(30-2)23(25)19(20)17-24(29)12-15-27(16-13-24)14-11-18-7-5-4-6-8-18/h4-10,29H,3,11-17H2,1-2H3,(H,26,28). The maximum atomic E-state index is 11.9. The van der Waals surface area contributed by atoms with Crippen molar-refractivity contribution in [3.05, 3.63) is 58.6 Å². The van der Waals surface area contributed by atoms with Crippen LogP contribution in [0.25, 0.3) is 0 Å². The number of carbonyl (C=O) groups is 1. The van der Waals surface area contributed by atoms with Gasteiger partial charge in [-0.05, 0) is 37.0 Å². The average molecular weight is 431 g/mol. The molecule has 162 valence electrons. The van der Waals surface area contributed by atoms with E-state index in [0.29, 0.717) is 42.1 Å². The van der Waals surface area contributed by atoms with Crippen molar-refractivity contribution >= 4 is 23.2 Å². The molecule has 0 saturated carbocycles. The van der Waals surface area contributed by atoms with Crippen molar-refractivity contribution in [2.45, 2.75) is 44.6 Å². The molecule has 0 spiro atoms. The van der Waals surface area contributed by atoms with Gasteiger partial charge in [-0.15, -0.1) is 0 Å². The molecule has 1 fully saturated rings. The molecular weight excluding hydrogens is 400 g/mol. The molecule has 2 N–H and O–H groups in total. The second-order valence-corrected chi connectivity index (χ2v) is 8.37. The van der Waals surface area contributed by atoms with E-state index in [1.54, 1.807) is 26.2 Å². The van der Waals surface area contributed by atoms with E-state index < -0.39 is 5.60 Å². The van der Waals surface area contributed by atoms with E-state index in [2.05, 4.69) is 34.5 Å². The van der Waals surface area contributed by atoms with Crippen LogP contribution < -0.4 is 10.1 Å². The van der Waals surface area contributed by atoms with Crippen LogP contribution in [0.4, 0.5) is 5.69 Å². The summed E-state index contributed by atoms with van der Waals surface area (Å²) < 4.78 is 5.35. The average Bonchev–Trinajstić information content (AvgIpc) is 2.76. The van der Waals surface area contributed by atoms with Gasteiger partial charge in [0.05, 0.1) is 17.7 Å². The topological polar surface area (TPSA) is 61.8 Å². The molecule has 0 aliphatic carbocycles. The highest BCUT2D eigenvalue weighted by Gasteiger charge is 2.34. The molecule has 1 aliphatic rings. The number of aliphatic hydroxyl groups is 1. The second kappa shape index (κ2) is 10.3. The zero-order valence-electron chi connectivity index (χ0n) is 17.8. The Balaban J connectivity index is 1.66. The second-order valence-electron chi connectivity index (χ2n) is 7.99. The molecule has 0 bridgehead atoms. The maximum Gasteiger partial charge on any atom is 0.224 e. The summed E-state index contributed by atoms with van der Waals surface area (Å²) in [6, 6.07) is 14.0. The lowest BCUT2D eigenvalue weighted by Gasteiger charge is -2.39. The number of rotatable bonds is 8. The Labute approximate surface area is 184 Å². The molecule has 0 aromatic heterocycles. The van der Waals surface area contributed by atoms with Crippen LogP contribution in [0.3, 0.4) is 0 Å². The number of ether oxygens (including phenoxy) is 1. The van der Waals surface area contributed by atoms with Crippen molar-refractivity contribution in [2.75, 3.05) is 32.1 Å². The Bertz CT molecular complexity index is 849. The molecule has 6 heteroatoms. The van der Waals surface area contributed by atoms with Gasteiger partial charge >= 0.3 is 0 Å². The van der Waals surface area contributed by atoms with Gasteiger partial charge in [-0.2, -0.15) is 0 Å². The molecule has 0 unspecified atom stereocenters. The number of nitrogens with one attached hydrogen (secondary N) is 1. The first-order valence-electron chi connectivity index (χ1n) is 10.6. The highest BCUT2D eigenvalue weighted by atomic mass is 35.5. The molecular formula is C24H31ClN2O3. The molecule has 1 heterocycles. The zero-order valence-corrected chi connectivity index (χ0v) is 18.5. The van der Waals surface area contributed by atoms with Crippen molar-refractivity contribution in [3.8, 4) is 5.75 Å². The number of likely N-dealkylation sites (tertiary alicyclic amines) is 1. The lowest BCUT2D eigenvalue weighted by Crippen LogP contribution is -2.46. The fourth-order valence-electron chi connectivity index (χ4n) is 3.92. The summed E-state index contributed by atoms with van der Waals surface area (Å²) in [7, 11) is 1.56. The monoisotopic (exact) mass is 430 g/mol. The van der Waals surface area contributed by atoms with Crippen LogP contribution in [-0.4, -0.2) is 48.3 Å². The van der Waals surface area contributed by atoms with E-state index >= 15 is 0 Å². The number of benzene rings is 2. The van der Waals surface area contributed by atoms with Crippen LogP contribution in [0, 0.1) is 0 Å². The minimum atomic E-state index is -0.856. The van der Waals surface area contributed by atoms with Crippen molar-refractivity contribution in [3.63, 3.8) is 0 Å². The van der Waals surface area contributed by atoms with Gasteiger partial charge in [-0.3, -0.25) is 4.79 Å². The number of hydrogen-bond acceptors (Lipinski definition) is 4. The normalized spacial score (nSPS) is 16.3. The third-order valence-electron chi connectivity index (χ3n) is 5.88. The molecule has 0 radical (unpaired) electrons. The minimum Gasteiger partial charge on any atom is -0.495 e. The molecule has 2 aromatic rings. The number of hydrogen-bond donors (Lipinski definition) is 2. The SMILES string of the molecule is CCC(=O)Nc1ccc(OC)c(Cl)c1CC1(O)CCN(CCc2ccccc2)CC1. The largest absolute Gasteiger partial charge is 0.495 e. The number of halogens is 1. The van der Waals surface area contributed by atoms with Gasteiger partial charge in [0.25, 0.3) is 0 Å². The van der Waals surface area contributed by atoms with Crippen molar-refractivity contribution in [1.29, 1.82) is 0 Å². The molecule has 0 atom stereocenters. The Morgan fingerprint density at radius 3 is 2.53 bits per heavy atom. The number of amides is 1. The third-order valence-corrected chi connectivity index (χ3v) is 6.29. The molecule has 30 heavy (non-hydrogen) atoms. The summed E-state index contributed by atoms with van der Waals surface area (Å²) in [6.45, 7) is 4.46. The fraction of sp³-hybridized carbons (Fsp3) is 0.458. The first-order chi connectivity index (χ1) is 14.4. The number of nitrogens with zero attached hydrogens (tertiary/aromatic N) is 1. The molecule has 1 saturated heterocycles. The van der Waals surface area contributed by atoms with E-state index in [0.717, 1.165) is 31.6 Å². The van der Waals surface area contributed by atoms with E-state index in [1.807, 2.05) is 6.07 Å². The fourth-order valence-corrected chi connectivity index (χ4v) is 4.23. The Kier molecular flexibility index (Phi) is 7.75. The number of anilines is 1. The van der Waals surface area contributed by atoms with Crippen LogP contribution >= 0.6 is 11.6 Å². The van der Waals surface area contributed by atoms with Crippen LogP contribution in [0.2, 0.25) is 5.02 Å². The highest BCUT2D eigenvalue weighted by molar-refractivity contribution is 6.33. The summed E-state index contributed by atoms with van der Waals surface area (Å²) in [5, 5.41) is 14.6. The van der Waals surface area contributed by atoms with Crippen molar-refractivity contribution in [2.24, 2.45) is 0 Å². The lowest BCUT2D eigenvalue weighted by atomic mass is 9.84. The summed E-state index contributed by atoms with van der Waals surface area (Å²) in [4.78, 5) is 14.3. The van der Waals surface area contributed by atoms with Crippen LogP contribution in [0.5, 0.6) is 5.75 Å². The maximum absolute atomic E-state index is 11.9. The Hall–Kier alpha value is -2.08. The van der Waals surface area contributed by atoms with Gasteiger partial charge in [0.1, 0.15) is 5.75 Å². The number of piperidine rings is 1. The first-order valence-corrected chi connectivity index (χ1v) is 11.0. The predicted molar refractivity (Wildman–Crippen MR) is 121 cm³/mol. The minimum absolute atomic E-state index is 0.0831. The number of methoxy groups -OCH3 is 1. The molecule has 5 nitrogen and oxygen atoms in total. The third kappa shape index (κ3) is 5.75. The van der Waals surface area contributed by atoms with Gasteiger partial charge in [-0.25, -0.2) is 0 Å². The summed E-state index contributed by atoms with van der Waals surface area (Å²) in [5.74, 6) is 0.463. The molecule has 2 aromatic carbocycles. The first kappa shape index (κ1) is 22.6. The van der Waals surface area contributed by atoms with Crippen LogP contribution in [-0.2, 0) is 17.6 Å². The highest BCUT2D eigenvalue weighted by Crippen LogP contribution is 2.38. The van der Waals surface area contributed by atoms with E-state index in [-0.39, 0.29) is 5.91 Å². The van der Waals surface area contributed by atoms with E-state index in [1.165, 1.54) is 5.56 Å². The van der Waals surface area contributed by atoms with E-state index in [9.17, 15) is 9.90 Å². The summed E-state index contributed by atoms with van der Waals surface area (Å²) in [5.41, 5.74) is 1.86. The van der Waals surface area contributed by atoms with Gasteiger partial charge in [0.15, 0.2) is 0 Å². The lowest BCUT2D eigenvalue weighted by molar-refractivity contribution is -0.115. The van der Waals surface area contributed by atoms with Gasteiger partial charge in [0.2, 0.25) is 5.91 Å². The summed E-state index contributed by atoms with van der Waals surface area (Å²) >= 11 is 6.57. The molecule has 1 aliphatic heterocycles. The molecule has 1 amide bonds. The zero-order chi connectivity index (χ0) is 21.6. The number of carbonyl (C=O) groups excluding carboxylic acids is 1.